The first-order valence-corrected chi connectivity index (χ1v) is 11.0. The van der Waals surface area contributed by atoms with Crippen molar-refractivity contribution in [2.75, 3.05) is 19.3 Å². The van der Waals surface area contributed by atoms with Crippen LogP contribution >= 0.6 is 0 Å². The van der Waals surface area contributed by atoms with Crippen LogP contribution in [0, 0.1) is 0 Å². The zero-order chi connectivity index (χ0) is 19.0. The van der Waals surface area contributed by atoms with Crippen molar-refractivity contribution >= 4 is 21.8 Å². The molecule has 1 aromatic heterocycles. The van der Waals surface area contributed by atoms with Crippen LogP contribution in [0.5, 0.6) is 0 Å². The molecule has 0 spiro atoms. The number of hydrogen-bond acceptors (Lipinski definition) is 4. The minimum Gasteiger partial charge on any atom is -0.345 e. The molecule has 2 aliphatic rings. The predicted molar refractivity (Wildman–Crippen MR) is 104 cm³/mol. The normalized spacial score (nSPS) is 17.1. The van der Waals surface area contributed by atoms with Gasteiger partial charge in [0.1, 0.15) is 0 Å². The van der Waals surface area contributed by atoms with Gasteiger partial charge in [0.05, 0.1) is 10.6 Å². The minimum atomic E-state index is -3.25. The summed E-state index contributed by atoms with van der Waals surface area (Å²) in [4.78, 5) is 17.8. The van der Waals surface area contributed by atoms with Crippen LogP contribution in [0.15, 0.2) is 47.0 Å². The number of benzene rings is 1. The second-order valence-electron chi connectivity index (χ2n) is 7.28. The molecule has 0 unspecified atom stereocenters. The van der Waals surface area contributed by atoms with E-state index in [0.717, 1.165) is 54.7 Å². The Morgan fingerprint density at radius 1 is 1.07 bits per heavy atom. The minimum absolute atomic E-state index is 0.361. The summed E-state index contributed by atoms with van der Waals surface area (Å²) in [7, 11) is -3.25. The van der Waals surface area contributed by atoms with Crippen molar-refractivity contribution in [3.05, 3.63) is 64.5 Å². The van der Waals surface area contributed by atoms with Crippen LogP contribution in [0.4, 0.5) is 0 Å². The molecule has 2 aromatic rings. The van der Waals surface area contributed by atoms with Gasteiger partial charge in [0.25, 0.3) is 0 Å². The third-order valence-corrected chi connectivity index (χ3v) is 6.63. The van der Waals surface area contributed by atoms with Crippen LogP contribution in [0.2, 0.25) is 0 Å². The summed E-state index contributed by atoms with van der Waals surface area (Å²) in [5.74, 6) is 0. The van der Waals surface area contributed by atoms with E-state index in [9.17, 15) is 13.2 Å². The van der Waals surface area contributed by atoms with E-state index in [4.69, 9.17) is 0 Å². The number of fused-ring (bicyclic) bond motifs is 2. The molecular formula is C21H22N2O3S. The quantitative estimate of drug-likeness (QED) is 0.749. The summed E-state index contributed by atoms with van der Waals surface area (Å²) < 4.78 is 24.0. The molecule has 140 valence electrons. The molecule has 2 heterocycles. The Bertz CT molecular complexity index is 1030. The average Bonchev–Trinajstić information content (AvgIpc) is 2.83. The summed E-state index contributed by atoms with van der Waals surface area (Å²) in [5, 5.41) is 0. The summed E-state index contributed by atoms with van der Waals surface area (Å²) >= 11 is 0. The van der Waals surface area contributed by atoms with Crippen LogP contribution in [0.3, 0.4) is 0 Å². The predicted octanol–water partition coefficient (Wildman–Crippen LogP) is 2.64. The molecule has 1 aliphatic carbocycles. The van der Waals surface area contributed by atoms with Crippen molar-refractivity contribution in [1.29, 1.82) is 0 Å². The van der Waals surface area contributed by atoms with Gasteiger partial charge in [-0.3, -0.25) is 9.78 Å². The van der Waals surface area contributed by atoms with E-state index < -0.39 is 9.84 Å². The zero-order valence-electron chi connectivity index (χ0n) is 15.3. The molecule has 6 heteroatoms. The van der Waals surface area contributed by atoms with Crippen molar-refractivity contribution in [1.82, 2.24) is 9.88 Å². The Morgan fingerprint density at radius 2 is 1.85 bits per heavy atom. The molecule has 0 radical (unpaired) electrons. The molecule has 1 aromatic carbocycles. The van der Waals surface area contributed by atoms with Crippen molar-refractivity contribution in [2.24, 2.45) is 0 Å². The van der Waals surface area contributed by atoms with Gasteiger partial charge in [-0.2, -0.15) is 0 Å². The van der Waals surface area contributed by atoms with E-state index in [2.05, 4.69) is 11.1 Å². The van der Waals surface area contributed by atoms with Gasteiger partial charge in [-0.15, -0.1) is 0 Å². The molecule has 0 atom stereocenters. The highest BCUT2D eigenvalue weighted by Crippen LogP contribution is 2.36. The lowest BCUT2D eigenvalue weighted by atomic mass is 9.89. The highest BCUT2D eigenvalue weighted by atomic mass is 32.2. The first-order chi connectivity index (χ1) is 13.0. The second-order valence-corrected chi connectivity index (χ2v) is 9.29. The molecule has 0 N–H and O–H groups in total. The van der Waals surface area contributed by atoms with Crippen LogP contribution in [0.1, 0.15) is 35.2 Å². The highest BCUT2D eigenvalue weighted by Gasteiger charge is 2.24. The number of rotatable bonds is 2. The molecule has 1 amide bonds. The lowest BCUT2D eigenvalue weighted by Gasteiger charge is -2.27. The van der Waals surface area contributed by atoms with Gasteiger partial charge in [-0.1, -0.05) is 17.7 Å². The maximum absolute atomic E-state index is 12.0. The van der Waals surface area contributed by atoms with E-state index in [0.29, 0.717) is 17.7 Å². The number of amides is 1. The molecule has 1 aliphatic heterocycles. The molecule has 0 bridgehead atoms. The van der Waals surface area contributed by atoms with E-state index in [-0.39, 0.29) is 0 Å². The monoisotopic (exact) mass is 382 g/mol. The highest BCUT2D eigenvalue weighted by molar-refractivity contribution is 7.90. The van der Waals surface area contributed by atoms with E-state index in [1.165, 1.54) is 17.4 Å². The van der Waals surface area contributed by atoms with Crippen LogP contribution in [0.25, 0.3) is 5.57 Å². The van der Waals surface area contributed by atoms with Crippen molar-refractivity contribution in [3.63, 3.8) is 0 Å². The number of aromatic nitrogens is 1. The summed E-state index contributed by atoms with van der Waals surface area (Å²) in [6.07, 6.45) is 7.08. The summed E-state index contributed by atoms with van der Waals surface area (Å²) in [6, 6.07) is 9.50. The lowest BCUT2D eigenvalue weighted by molar-refractivity contribution is -0.118. The van der Waals surface area contributed by atoms with Crippen molar-refractivity contribution in [2.45, 2.75) is 30.6 Å². The van der Waals surface area contributed by atoms with Gasteiger partial charge in [0.2, 0.25) is 6.41 Å². The maximum atomic E-state index is 12.0. The fraction of sp³-hybridized carbons (Fsp3) is 0.333. The van der Waals surface area contributed by atoms with Gasteiger partial charge in [-0.25, -0.2) is 8.42 Å². The summed E-state index contributed by atoms with van der Waals surface area (Å²) in [6.45, 7) is 1.46. The number of likely N-dealkylation sites (tertiary alicyclic amines) is 1. The first-order valence-electron chi connectivity index (χ1n) is 9.12. The Labute approximate surface area is 159 Å². The van der Waals surface area contributed by atoms with Crippen LogP contribution < -0.4 is 0 Å². The average molecular weight is 382 g/mol. The number of hydrogen-bond donors (Lipinski definition) is 0. The fourth-order valence-corrected chi connectivity index (χ4v) is 4.68. The number of piperidine rings is 1. The lowest BCUT2D eigenvalue weighted by Crippen LogP contribution is -2.29. The summed E-state index contributed by atoms with van der Waals surface area (Å²) in [5.41, 5.74) is 6.96. The molecule has 1 saturated heterocycles. The molecule has 0 saturated carbocycles. The number of carbonyl (C=O) groups is 1. The maximum Gasteiger partial charge on any atom is 0.209 e. The molecule has 4 rings (SSSR count). The van der Waals surface area contributed by atoms with E-state index >= 15 is 0 Å². The van der Waals surface area contributed by atoms with Crippen LogP contribution in [-0.2, 0) is 27.5 Å². The van der Waals surface area contributed by atoms with Gasteiger partial charge in [-0.05, 0) is 59.7 Å². The topological polar surface area (TPSA) is 67.3 Å². The van der Waals surface area contributed by atoms with Crippen molar-refractivity contribution < 1.29 is 13.2 Å². The number of allylic oxidation sites excluding steroid dienone is 1. The molecular weight excluding hydrogens is 360 g/mol. The molecule has 1 fully saturated rings. The number of carbonyl (C=O) groups excluding carboxylic acids is 1. The van der Waals surface area contributed by atoms with E-state index in [1.54, 1.807) is 11.0 Å². The fourth-order valence-electron chi connectivity index (χ4n) is 4.01. The third kappa shape index (κ3) is 3.54. The number of nitrogens with zero attached hydrogens (tertiary/aromatic N) is 2. The molecule has 5 nitrogen and oxygen atoms in total. The Hall–Kier alpha value is -2.47. The van der Waals surface area contributed by atoms with E-state index in [1.807, 2.05) is 24.4 Å². The Kier molecular flexibility index (Phi) is 4.60. The second kappa shape index (κ2) is 6.93. The Morgan fingerprint density at radius 3 is 2.56 bits per heavy atom. The third-order valence-electron chi connectivity index (χ3n) is 5.52. The zero-order valence-corrected chi connectivity index (χ0v) is 16.1. The van der Waals surface area contributed by atoms with Crippen LogP contribution in [-0.4, -0.2) is 44.1 Å². The van der Waals surface area contributed by atoms with Crippen molar-refractivity contribution in [3.8, 4) is 0 Å². The largest absolute Gasteiger partial charge is 0.345 e. The smallest absolute Gasteiger partial charge is 0.209 e. The number of sulfone groups is 1. The SMILES string of the molecule is CS(=O)(=O)c1ccc2c(c1)CC(=C1CCN(C=O)CC1)c1cccnc1C2. The van der Waals surface area contributed by atoms with Gasteiger partial charge in [0, 0.05) is 32.0 Å². The van der Waals surface area contributed by atoms with Gasteiger partial charge in [0.15, 0.2) is 9.84 Å². The Balaban J connectivity index is 1.83. The first kappa shape index (κ1) is 17.9. The van der Waals surface area contributed by atoms with Gasteiger partial charge < -0.3 is 4.90 Å². The molecule has 27 heavy (non-hydrogen) atoms. The standard InChI is InChI=1S/C21H22N2O3S/c1-27(25,26)18-5-4-16-13-21-19(3-2-8-22-21)20(12-17(16)11-18)15-6-9-23(14-24)10-7-15/h2-5,8,11,14H,6-7,9-10,12-13H2,1H3. The van der Waals surface area contributed by atoms with Gasteiger partial charge >= 0.3 is 0 Å². The number of pyridine rings is 1.